The van der Waals surface area contributed by atoms with E-state index in [2.05, 4.69) is 20.8 Å². The van der Waals surface area contributed by atoms with Crippen LogP contribution in [0.2, 0.25) is 0 Å². The molecule has 0 spiro atoms. The number of phenols is 1. The lowest BCUT2D eigenvalue weighted by atomic mass is 9.48. The van der Waals surface area contributed by atoms with Crippen LogP contribution in [0.3, 0.4) is 0 Å². The van der Waals surface area contributed by atoms with Gasteiger partial charge in [-0.05, 0) is 42.4 Å². The van der Waals surface area contributed by atoms with Crippen molar-refractivity contribution in [3.63, 3.8) is 0 Å². The van der Waals surface area contributed by atoms with Crippen LogP contribution in [0.15, 0.2) is 12.1 Å². The number of hydrogen-bond donors (Lipinski definition) is 1. The summed E-state index contributed by atoms with van der Waals surface area (Å²) in [5.74, 6) is 0.813. The smallest absolute Gasteiger partial charge is 0.273 e. The van der Waals surface area contributed by atoms with E-state index in [0.29, 0.717) is 23.9 Å². The lowest BCUT2D eigenvalue weighted by Gasteiger charge is -2.60. The molecular weight excluding hydrogens is 374 g/mol. The minimum absolute atomic E-state index is 0.0218. The fraction of sp³-hybridized carbons (Fsp3) is 0.727. The van der Waals surface area contributed by atoms with E-state index in [1.807, 2.05) is 0 Å². The van der Waals surface area contributed by atoms with Gasteiger partial charge >= 0.3 is 0 Å². The number of hydrogen-bond acceptors (Lipinski definition) is 6. The first-order chi connectivity index (χ1) is 13.7. The Morgan fingerprint density at radius 1 is 1.24 bits per heavy atom. The second-order valence-electron chi connectivity index (χ2n) is 9.77. The Bertz CT molecular complexity index is 809. The molecule has 7 nitrogen and oxygen atoms in total. The number of rotatable bonds is 3. The highest BCUT2D eigenvalue weighted by atomic mass is 16.7. The maximum atomic E-state index is 11.3. The fourth-order valence-corrected chi connectivity index (χ4v) is 6.35. The molecule has 1 aromatic rings. The molecular formula is C22H31NO6. The molecule has 4 rings (SSSR count). The first-order valence-electron chi connectivity index (χ1n) is 10.5. The molecule has 3 fully saturated rings. The molecule has 7 heteroatoms. The predicted octanol–water partition coefficient (Wildman–Crippen LogP) is 4.97. The van der Waals surface area contributed by atoms with Crippen LogP contribution in [0.25, 0.3) is 0 Å². The average molecular weight is 405 g/mol. The van der Waals surface area contributed by atoms with Gasteiger partial charge in [0.2, 0.25) is 0 Å². The van der Waals surface area contributed by atoms with Gasteiger partial charge in [0, 0.05) is 12.0 Å². The van der Waals surface area contributed by atoms with Gasteiger partial charge in [-0.25, -0.2) is 0 Å². The van der Waals surface area contributed by atoms with Crippen molar-refractivity contribution in [3.05, 3.63) is 27.8 Å². The number of benzene rings is 1. The van der Waals surface area contributed by atoms with E-state index >= 15 is 0 Å². The van der Waals surface area contributed by atoms with Crippen LogP contribution in [0.1, 0.15) is 64.7 Å². The summed E-state index contributed by atoms with van der Waals surface area (Å²) in [5, 5.41) is 21.8. The highest BCUT2D eigenvalue weighted by Crippen LogP contribution is 2.61. The van der Waals surface area contributed by atoms with Gasteiger partial charge in [0.05, 0.1) is 36.4 Å². The third-order valence-corrected chi connectivity index (χ3v) is 7.81. The monoisotopic (exact) mass is 405 g/mol. The van der Waals surface area contributed by atoms with Crippen LogP contribution in [0, 0.1) is 32.8 Å². The van der Waals surface area contributed by atoms with Gasteiger partial charge < -0.3 is 19.3 Å². The van der Waals surface area contributed by atoms with Crippen molar-refractivity contribution in [3.8, 4) is 11.5 Å². The Morgan fingerprint density at radius 2 is 2.00 bits per heavy atom. The van der Waals surface area contributed by atoms with Crippen LogP contribution in [0.4, 0.5) is 5.69 Å². The normalized spacial score (nSPS) is 36.0. The van der Waals surface area contributed by atoms with E-state index in [-0.39, 0.29) is 34.3 Å². The van der Waals surface area contributed by atoms with Crippen molar-refractivity contribution in [2.75, 3.05) is 13.7 Å². The Morgan fingerprint density at radius 3 is 2.69 bits per heavy atom. The van der Waals surface area contributed by atoms with E-state index in [4.69, 9.17) is 14.2 Å². The maximum Gasteiger partial charge on any atom is 0.273 e. The van der Waals surface area contributed by atoms with E-state index in [9.17, 15) is 15.2 Å². The Labute approximate surface area is 171 Å². The van der Waals surface area contributed by atoms with Gasteiger partial charge in [0.1, 0.15) is 0 Å². The van der Waals surface area contributed by atoms with Crippen LogP contribution in [-0.2, 0) is 9.47 Å². The zero-order valence-corrected chi connectivity index (χ0v) is 17.6. The van der Waals surface area contributed by atoms with Gasteiger partial charge in [-0.15, -0.1) is 0 Å². The number of phenolic OH excluding ortho intramolecular Hbond substituents is 1. The molecule has 2 saturated carbocycles. The molecule has 0 radical (unpaired) electrons. The lowest BCUT2D eigenvalue weighted by molar-refractivity contribution is -0.385. The largest absolute Gasteiger partial charge is 0.504 e. The summed E-state index contributed by atoms with van der Waals surface area (Å²) in [6, 6.07) is 2.53. The summed E-state index contributed by atoms with van der Waals surface area (Å²) in [6.07, 6.45) is 4.90. The molecule has 1 aliphatic heterocycles. The van der Waals surface area contributed by atoms with Gasteiger partial charge in [-0.3, -0.25) is 10.1 Å². The Hall–Kier alpha value is -1.86. The molecule has 0 bridgehead atoms. The number of nitro groups is 1. The first kappa shape index (κ1) is 20.4. The van der Waals surface area contributed by atoms with Gasteiger partial charge in [0.15, 0.2) is 17.8 Å². The molecule has 1 N–H and O–H groups in total. The number of nitrogens with zero attached hydrogens (tertiary/aromatic N) is 1. The summed E-state index contributed by atoms with van der Waals surface area (Å²) in [4.78, 5) is 10.8. The van der Waals surface area contributed by atoms with Crippen LogP contribution < -0.4 is 4.74 Å². The average Bonchev–Trinajstić information content (AvgIpc) is 2.67. The third-order valence-electron chi connectivity index (χ3n) is 7.81. The SMILES string of the molecule is COc1cc([N+](=O)[O-])cc([C@@H]2OC[C@@H]3[C@H](CCC4C(C)(C)CCC[C@]43C)O2)c1O. The zero-order chi connectivity index (χ0) is 21.0. The van der Waals surface area contributed by atoms with E-state index in [1.54, 1.807) is 0 Å². The zero-order valence-electron chi connectivity index (χ0n) is 17.6. The van der Waals surface area contributed by atoms with Gasteiger partial charge in [-0.2, -0.15) is 0 Å². The molecule has 3 aliphatic rings. The molecule has 1 saturated heterocycles. The molecule has 1 aromatic carbocycles. The molecule has 2 aliphatic carbocycles. The Kier molecular flexibility index (Phi) is 5.02. The molecule has 1 heterocycles. The van der Waals surface area contributed by atoms with Crippen molar-refractivity contribution < 1.29 is 24.2 Å². The quantitative estimate of drug-likeness (QED) is 0.564. The molecule has 0 amide bonds. The van der Waals surface area contributed by atoms with E-state index in [0.717, 1.165) is 12.8 Å². The summed E-state index contributed by atoms with van der Waals surface area (Å²) >= 11 is 0. The van der Waals surface area contributed by atoms with E-state index < -0.39 is 11.2 Å². The van der Waals surface area contributed by atoms with Gasteiger partial charge in [-0.1, -0.05) is 27.2 Å². The van der Waals surface area contributed by atoms with Crippen LogP contribution in [0.5, 0.6) is 11.5 Å². The number of aromatic hydroxyl groups is 1. The maximum absolute atomic E-state index is 11.3. The number of fused-ring (bicyclic) bond motifs is 3. The summed E-state index contributed by atoms with van der Waals surface area (Å²) in [7, 11) is 1.37. The van der Waals surface area contributed by atoms with Crippen molar-refractivity contribution >= 4 is 5.69 Å². The summed E-state index contributed by atoms with van der Waals surface area (Å²) in [6.45, 7) is 7.69. The minimum atomic E-state index is -0.832. The number of methoxy groups -OCH3 is 1. The lowest BCUT2D eigenvalue weighted by Crippen LogP contribution is -2.56. The molecule has 0 aromatic heterocycles. The van der Waals surface area contributed by atoms with Crippen molar-refractivity contribution in [1.29, 1.82) is 0 Å². The van der Waals surface area contributed by atoms with Gasteiger partial charge in [0.25, 0.3) is 5.69 Å². The second kappa shape index (κ2) is 7.13. The highest BCUT2D eigenvalue weighted by Gasteiger charge is 2.56. The number of non-ortho nitro benzene ring substituents is 1. The standard InChI is InChI=1S/C22H31NO6/c1-21(2)8-5-9-22(3)15-12-28-20(29-16(15)6-7-18(21)22)14-10-13(23(25)26)11-17(27-4)19(14)24/h10-11,15-16,18,20,24H,5-9,12H2,1-4H3/t15-,16+,18?,20-,22+/m1/s1. The van der Waals surface area contributed by atoms with Crippen molar-refractivity contribution in [1.82, 2.24) is 0 Å². The second-order valence-corrected chi connectivity index (χ2v) is 9.77. The Balaban J connectivity index is 1.61. The highest BCUT2D eigenvalue weighted by molar-refractivity contribution is 5.54. The van der Waals surface area contributed by atoms with Crippen molar-refractivity contribution in [2.45, 2.75) is 65.3 Å². The molecule has 5 atom stereocenters. The topological polar surface area (TPSA) is 91.1 Å². The minimum Gasteiger partial charge on any atom is -0.504 e. The fourth-order valence-electron chi connectivity index (χ4n) is 6.35. The number of nitro benzene ring substituents is 1. The predicted molar refractivity (Wildman–Crippen MR) is 107 cm³/mol. The molecule has 29 heavy (non-hydrogen) atoms. The van der Waals surface area contributed by atoms with Crippen LogP contribution in [-0.4, -0.2) is 29.9 Å². The number of ether oxygens (including phenoxy) is 3. The first-order valence-corrected chi connectivity index (χ1v) is 10.5. The molecule has 160 valence electrons. The van der Waals surface area contributed by atoms with E-state index in [1.165, 1.54) is 38.5 Å². The summed E-state index contributed by atoms with van der Waals surface area (Å²) < 4.78 is 17.5. The van der Waals surface area contributed by atoms with Crippen LogP contribution >= 0.6 is 0 Å². The van der Waals surface area contributed by atoms with Crippen molar-refractivity contribution in [2.24, 2.45) is 22.7 Å². The summed E-state index contributed by atoms with van der Waals surface area (Å²) in [5.41, 5.74) is 0.581. The third kappa shape index (κ3) is 3.28. The molecule has 1 unspecified atom stereocenters.